The van der Waals surface area contributed by atoms with Gasteiger partial charge in [0.1, 0.15) is 5.69 Å². The van der Waals surface area contributed by atoms with Crippen molar-refractivity contribution < 1.29 is 13.5 Å². The van der Waals surface area contributed by atoms with Gasteiger partial charge in [-0.1, -0.05) is 0 Å². The van der Waals surface area contributed by atoms with E-state index in [9.17, 15) is 8.78 Å². The number of hydrogen-bond acceptors (Lipinski definition) is 8. The lowest BCUT2D eigenvalue weighted by atomic mass is 10.0. The third-order valence-electron chi connectivity index (χ3n) is 6.52. The van der Waals surface area contributed by atoms with E-state index < -0.39 is 12.9 Å². The van der Waals surface area contributed by atoms with E-state index in [1.54, 1.807) is 29.7 Å². The Kier molecular flexibility index (Phi) is 6.61. The highest BCUT2D eigenvalue weighted by molar-refractivity contribution is 7.17. The van der Waals surface area contributed by atoms with Crippen LogP contribution in [0.2, 0.25) is 0 Å². The molecule has 2 aliphatic heterocycles. The molecule has 1 aromatic carbocycles. The van der Waals surface area contributed by atoms with Gasteiger partial charge in [0.15, 0.2) is 12.0 Å². The second-order valence-corrected chi connectivity index (χ2v) is 9.83. The average molecular weight is 502 g/mol. The predicted octanol–water partition coefficient (Wildman–Crippen LogP) is 4.18. The van der Waals surface area contributed by atoms with Crippen LogP contribution in [0, 0.1) is 0 Å². The van der Waals surface area contributed by atoms with Gasteiger partial charge in [0.25, 0.3) is 0 Å². The molecule has 0 spiro atoms. The van der Waals surface area contributed by atoms with Crippen LogP contribution in [0.15, 0.2) is 40.7 Å². The molecule has 3 aromatic rings. The number of thiophene rings is 1. The fraction of sp³-hybridized carbons (Fsp3) is 0.417. The topological polar surface area (TPSA) is 70.0 Å². The number of aryl methyl sites for hydroxylation is 1. The van der Waals surface area contributed by atoms with Crippen LogP contribution in [0.25, 0.3) is 15.9 Å². The Labute approximate surface area is 206 Å². The molecule has 35 heavy (non-hydrogen) atoms. The van der Waals surface area contributed by atoms with Crippen LogP contribution in [0.4, 0.5) is 20.2 Å². The minimum atomic E-state index is -2.93. The summed E-state index contributed by atoms with van der Waals surface area (Å²) in [6.07, 6.45) is 5.04. The first-order chi connectivity index (χ1) is 16.9. The first-order valence-corrected chi connectivity index (χ1v) is 12.4. The minimum Gasteiger partial charge on any atom is -0.433 e. The maximum Gasteiger partial charge on any atom is 0.387 e. The third kappa shape index (κ3) is 4.96. The Hall–Kier alpha value is -3.18. The summed E-state index contributed by atoms with van der Waals surface area (Å²) in [4.78, 5) is 8.88. The van der Waals surface area contributed by atoms with E-state index in [0.717, 1.165) is 53.2 Å². The molecular weight excluding hydrogens is 472 g/mol. The zero-order valence-electron chi connectivity index (χ0n) is 19.9. The number of allylic oxidation sites excluding steroid dienone is 1. The van der Waals surface area contributed by atoms with E-state index in [0.29, 0.717) is 11.7 Å². The lowest BCUT2D eigenvalue weighted by Crippen LogP contribution is -2.42. The summed E-state index contributed by atoms with van der Waals surface area (Å²) in [5.74, 6) is 0.0961. The molecule has 0 saturated carbocycles. The van der Waals surface area contributed by atoms with Gasteiger partial charge < -0.3 is 25.2 Å². The maximum atomic E-state index is 13.3. The highest BCUT2D eigenvalue weighted by Gasteiger charge is 2.23. The smallest absolute Gasteiger partial charge is 0.387 e. The number of fused-ring (bicyclic) bond motifs is 1. The van der Waals surface area contributed by atoms with E-state index in [-0.39, 0.29) is 5.75 Å². The Morgan fingerprint density at radius 1 is 1.23 bits per heavy atom. The lowest BCUT2D eigenvalue weighted by molar-refractivity contribution is -0.0493. The standard InChI is InChI=1S/C24H29F2N7OS/c1-31(2)15-7-11-33(12-8-15)16-4-5-17(20(14-16)34-23(25)26)28-24-27-10-6-18(29-24)21-22-19(9-13-35-22)32(3)30-21/h4-6,9-10,13-15,23-24,28-29H,7-8,11-12H2,1-3H3. The fourth-order valence-electron chi connectivity index (χ4n) is 4.63. The van der Waals surface area contributed by atoms with E-state index in [4.69, 9.17) is 4.74 Å². The number of halogens is 2. The number of aliphatic imine (C=N–C) groups is 1. The summed E-state index contributed by atoms with van der Waals surface area (Å²) < 4.78 is 34.3. The fourth-order valence-corrected chi connectivity index (χ4v) is 5.54. The van der Waals surface area contributed by atoms with Crippen LogP contribution < -0.4 is 20.3 Å². The summed E-state index contributed by atoms with van der Waals surface area (Å²) in [7, 11) is 6.09. The van der Waals surface area contributed by atoms with Crippen LogP contribution in [-0.4, -0.2) is 67.0 Å². The van der Waals surface area contributed by atoms with Crippen molar-refractivity contribution >= 4 is 44.8 Å². The molecule has 2 aromatic heterocycles. The number of benzene rings is 1. The van der Waals surface area contributed by atoms with Gasteiger partial charge in [-0.3, -0.25) is 4.68 Å². The van der Waals surface area contributed by atoms with E-state index in [2.05, 4.69) is 44.6 Å². The van der Waals surface area contributed by atoms with Gasteiger partial charge >= 0.3 is 6.61 Å². The second kappa shape index (κ2) is 9.82. The molecule has 4 heterocycles. The van der Waals surface area contributed by atoms with Gasteiger partial charge in [0.2, 0.25) is 0 Å². The summed E-state index contributed by atoms with van der Waals surface area (Å²) in [5, 5.41) is 13.2. The minimum absolute atomic E-state index is 0.0961. The molecule has 5 rings (SSSR count). The number of anilines is 2. The molecule has 8 nitrogen and oxygen atoms in total. The Morgan fingerprint density at radius 2 is 2.03 bits per heavy atom. The van der Waals surface area contributed by atoms with E-state index in [1.165, 1.54) is 0 Å². The van der Waals surface area contributed by atoms with Crippen LogP contribution in [0.5, 0.6) is 5.75 Å². The number of rotatable bonds is 7. The Balaban J connectivity index is 1.32. The third-order valence-corrected chi connectivity index (χ3v) is 7.43. The second-order valence-electron chi connectivity index (χ2n) is 8.92. The first-order valence-electron chi connectivity index (χ1n) is 11.6. The highest BCUT2D eigenvalue weighted by atomic mass is 32.1. The molecule has 1 unspecified atom stereocenters. The van der Waals surface area contributed by atoms with E-state index >= 15 is 0 Å². The van der Waals surface area contributed by atoms with Gasteiger partial charge in [-0.2, -0.15) is 13.9 Å². The zero-order chi connectivity index (χ0) is 24.5. The summed E-state index contributed by atoms with van der Waals surface area (Å²) in [6, 6.07) is 7.96. The molecule has 2 N–H and O–H groups in total. The Morgan fingerprint density at radius 3 is 2.77 bits per heavy atom. The number of hydrogen-bond donors (Lipinski definition) is 2. The maximum absolute atomic E-state index is 13.3. The van der Waals surface area contributed by atoms with Crippen molar-refractivity contribution in [2.45, 2.75) is 31.8 Å². The van der Waals surface area contributed by atoms with Crippen molar-refractivity contribution in [2.24, 2.45) is 12.0 Å². The van der Waals surface area contributed by atoms with Crippen LogP contribution in [0.3, 0.4) is 0 Å². The van der Waals surface area contributed by atoms with Crippen LogP contribution in [0.1, 0.15) is 18.5 Å². The number of piperidine rings is 1. The summed E-state index contributed by atoms with van der Waals surface area (Å²) in [6.45, 7) is -1.19. The molecule has 11 heteroatoms. The number of nitrogens with one attached hydrogen (secondary N) is 2. The molecule has 0 bridgehead atoms. The molecule has 1 saturated heterocycles. The number of aromatic nitrogens is 2. The summed E-state index contributed by atoms with van der Waals surface area (Å²) in [5.41, 5.74) is 4.00. The normalized spacial score (nSPS) is 18.9. The largest absolute Gasteiger partial charge is 0.433 e. The van der Waals surface area contributed by atoms with Crippen molar-refractivity contribution in [1.82, 2.24) is 20.0 Å². The van der Waals surface area contributed by atoms with Crippen molar-refractivity contribution in [3.8, 4) is 5.75 Å². The quantitative estimate of drug-likeness (QED) is 0.506. The molecule has 0 amide bonds. The molecular formula is C24H29F2N7OS. The zero-order valence-corrected chi connectivity index (χ0v) is 20.7. The van der Waals surface area contributed by atoms with Gasteiger partial charge in [0, 0.05) is 44.1 Å². The molecule has 2 aliphatic rings. The molecule has 186 valence electrons. The van der Waals surface area contributed by atoms with Gasteiger partial charge in [-0.15, -0.1) is 11.3 Å². The Bertz CT molecular complexity index is 1240. The van der Waals surface area contributed by atoms with Crippen molar-refractivity contribution in [1.29, 1.82) is 0 Å². The SMILES string of the molecule is CN(C)C1CCN(c2ccc(NC3N=CC=C(c4nn(C)c5ccsc45)N3)c(OC(F)F)c2)CC1. The highest BCUT2D eigenvalue weighted by Crippen LogP contribution is 2.34. The van der Waals surface area contributed by atoms with Crippen molar-refractivity contribution in [3.05, 3.63) is 41.4 Å². The molecule has 0 radical (unpaired) electrons. The van der Waals surface area contributed by atoms with Crippen molar-refractivity contribution in [3.63, 3.8) is 0 Å². The van der Waals surface area contributed by atoms with E-state index in [1.807, 2.05) is 35.3 Å². The number of alkyl halides is 2. The first kappa shape index (κ1) is 23.6. The summed E-state index contributed by atoms with van der Waals surface area (Å²) >= 11 is 1.62. The average Bonchev–Trinajstić information content (AvgIpc) is 3.44. The van der Waals surface area contributed by atoms with Crippen molar-refractivity contribution in [2.75, 3.05) is 37.4 Å². The van der Waals surface area contributed by atoms with Gasteiger partial charge in [-0.25, -0.2) is 4.99 Å². The molecule has 1 fully saturated rings. The van der Waals surface area contributed by atoms with Crippen LogP contribution in [-0.2, 0) is 7.05 Å². The molecule has 0 aliphatic carbocycles. The van der Waals surface area contributed by atoms with Gasteiger partial charge in [0.05, 0.1) is 21.6 Å². The molecule has 1 atom stereocenters. The number of ether oxygens (including phenoxy) is 1. The number of nitrogens with zero attached hydrogens (tertiary/aromatic N) is 5. The van der Waals surface area contributed by atoms with Crippen LogP contribution >= 0.6 is 11.3 Å². The monoisotopic (exact) mass is 501 g/mol. The lowest BCUT2D eigenvalue weighted by Gasteiger charge is -2.36. The predicted molar refractivity (Wildman–Crippen MR) is 138 cm³/mol. The van der Waals surface area contributed by atoms with Gasteiger partial charge in [-0.05, 0) is 56.6 Å².